The van der Waals surface area contributed by atoms with Gasteiger partial charge >= 0.3 is 5.97 Å². The average molecular weight is 539 g/mol. The number of para-hydroxylation sites is 1. The predicted octanol–water partition coefficient (Wildman–Crippen LogP) is 6.05. The van der Waals surface area contributed by atoms with Crippen LogP contribution in [-0.2, 0) is 6.61 Å². The van der Waals surface area contributed by atoms with Crippen LogP contribution in [0.15, 0.2) is 102 Å². The SMILES string of the molecule is CCCOc1ccc(C(=O)Oc2ccc(/C=N\NC(=O)c3ccccc3OCc3ccccc3)cc2OC)cc1. The molecule has 0 radical (unpaired) electrons. The van der Waals surface area contributed by atoms with Gasteiger partial charge in [0.15, 0.2) is 11.5 Å². The first-order valence-electron chi connectivity index (χ1n) is 12.8. The summed E-state index contributed by atoms with van der Waals surface area (Å²) in [5, 5.41) is 4.07. The summed E-state index contributed by atoms with van der Waals surface area (Å²) >= 11 is 0. The molecule has 1 N–H and O–H groups in total. The van der Waals surface area contributed by atoms with Crippen molar-refractivity contribution in [2.75, 3.05) is 13.7 Å². The average Bonchev–Trinajstić information content (AvgIpc) is 3.00. The van der Waals surface area contributed by atoms with E-state index in [4.69, 9.17) is 18.9 Å². The zero-order valence-electron chi connectivity index (χ0n) is 22.3. The van der Waals surface area contributed by atoms with Gasteiger partial charge < -0.3 is 18.9 Å². The third kappa shape index (κ3) is 7.70. The third-order valence-corrected chi connectivity index (χ3v) is 5.70. The maximum absolute atomic E-state index is 12.8. The van der Waals surface area contributed by atoms with Crippen molar-refractivity contribution in [3.8, 4) is 23.0 Å². The summed E-state index contributed by atoms with van der Waals surface area (Å²) in [6, 6.07) is 28.4. The summed E-state index contributed by atoms with van der Waals surface area (Å²) in [5.41, 5.74) is 4.89. The second kappa shape index (κ2) is 14.2. The first-order valence-corrected chi connectivity index (χ1v) is 12.8. The number of carbonyl (C=O) groups is 2. The van der Waals surface area contributed by atoms with E-state index in [2.05, 4.69) is 10.5 Å². The third-order valence-electron chi connectivity index (χ3n) is 5.70. The molecule has 0 saturated heterocycles. The van der Waals surface area contributed by atoms with Crippen molar-refractivity contribution >= 4 is 18.1 Å². The molecule has 0 aromatic heterocycles. The van der Waals surface area contributed by atoms with Crippen LogP contribution in [0.3, 0.4) is 0 Å². The highest BCUT2D eigenvalue weighted by Gasteiger charge is 2.14. The number of hydrogen-bond donors (Lipinski definition) is 1. The molecule has 0 bridgehead atoms. The van der Waals surface area contributed by atoms with E-state index in [0.29, 0.717) is 47.2 Å². The number of hydrogen-bond acceptors (Lipinski definition) is 7. The van der Waals surface area contributed by atoms with E-state index in [1.54, 1.807) is 66.7 Å². The topological polar surface area (TPSA) is 95.5 Å². The van der Waals surface area contributed by atoms with Gasteiger partial charge in [0, 0.05) is 0 Å². The van der Waals surface area contributed by atoms with E-state index in [9.17, 15) is 9.59 Å². The molecule has 0 heterocycles. The Kier molecular flexibility index (Phi) is 9.88. The number of rotatable bonds is 12. The molecule has 1 amide bonds. The number of hydrazone groups is 1. The summed E-state index contributed by atoms with van der Waals surface area (Å²) < 4.78 is 22.3. The molecule has 0 atom stereocenters. The summed E-state index contributed by atoms with van der Waals surface area (Å²) in [6.07, 6.45) is 2.36. The molecule has 4 aromatic carbocycles. The van der Waals surface area contributed by atoms with Crippen molar-refractivity contribution in [2.45, 2.75) is 20.0 Å². The van der Waals surface area contributed by atoms with Gasteiger partial charge in [-0.3, -0.25) is 4.79 Å². The van der Waals surface area contributed by atoms with Crippen LogP contribution in [0.2, 0.25) is 0 Å². The molecule has 8 heteroatoms. The van der Waals surface area contributed by atoms with Crippen molar-refractivity contribution in [3.63, 3.8) is 0 Å². The lowest BCUT2D eigenvalue weighted by atomic mass is 10.2. The lowest BCUT2D eigenvalue weighted by Crippen LogP contribution is -2.18. The molecule has 0 fully saturated rings. The molecule has 0 aliphatic heterocycles. The summed E-state index contributed by atoms with van der Waals surface area (Å²) in [5.74, 6) is 0.798. The monoisotopic (exact) mass is 538 g/mol. The normalized spacial score (nSPS) is 10.7. The van der Waals surface area contributed by atoms with E-state index >= 15 is 0 Å². The largest absolute Gasteiger partial charge is 0.494 e. The maximum atomic E-state index is 12.8. The summed E-state index contributed by atoms with van der Waals surface area (Å²) in [6.45, 7) is 2.97. The molecule has 4 aromatic rings. The fourth-order valence-electron chi connectivity index (χ4n) is 3.66. The standard InChI is InChI=1S/C32H30N2O6/c1-3-19-38-26-16-14-25(15-17-26)32(36)40-29-18-13-24(20-30(29)37-2)21-33-34-31(35)27-11-7-8-12-28(27)39-22-23-9-5-4-6-10-23/h4-18,20-21H,3,19,22H2,1-2H3,(H,34,35)/b33-21-. The van der Waals surface area contributed by atoms with Crippen LogP contribution >= 0.6 is 0 Å². The zero-order valence-corrected chi connectivity index (χ0v) is 22.3. The minimum Gasteiger partial charge on any atom is -0.494 e. The molecule has 8 nitrogen and oxygen atoms in total. The Labute approximate surface area is 233 Å². The minimum atomic E-state index is -0.526. The van der Waals surface area contributed by atoms with E-state index in [0.717, 1.165) is 12.0 Å². The van der Waals surface area contributed by atoms with E-state index in [1.165, 1.54) is 13.3 Å². The highest BCUT2D eigenvalue weighted by Crippen LogP contribution is 2.28. The van der Waals surface area contributed by atoms with E-state index in [1.807, 2.05) is 37.3 Å². The number of amides is 1. The van der Waals surface area contributed by atoms with Gasteiger partial charge in [0.05, 0.1) is 31.1 Å². The Morgan fingerprint density at radius 2 is 1.57 bits per heavy atom. The smallest absolute Gasteiger partial charge is 0.343 e. The van der Waals surface area contributed by atoms with Crippen LogP contribution in [0, 0.1) is 0 Å². The fourth-order valence-corrected chi connectivity index (χ4v) is 3.66. The number of esters is 1. The Morgan fingerprint density at radius 1 is 0.825 bits per heavy atom. The highest BCUT2D eigenvalue weighted by molar-refractivity contribution is 5.97. The van der Waals surface area contributed by atoms with Gasteiger partial charge in [-0.2, -0.15) is 5.10 Å². The van der Waals surface area contributed by atoms with Crippen LogP contribution < -0.4 is 24.4 Å². The van der Waals surface area contributed by atoms with Crippen molar-refractivity contribution in [3.05, 3.63) is 119 Å². The lowest BCUT2D eigenvalue weighted by molar-refractivity contribution is 0.0729. The first-order chi connectivity index (χ1) is 19.6. The molecule has 204 valence electrons. The van der Waals surface area contributed by atoms with Crippen molar-refractivity contribution in [2.24, 2.45) is 5.10 Å². The summed E-state index contributed by atoms with van der Waals surface area (Å²) in [4.78, 5) is 25.4. The van der Waals surface area contributed by atoms with Crippen LogP contribution in [0.4, 0.5) is 0 Å². The Hall–Kier alpha value is -5.11. The van der Waals surface area contributed by atoms with E-state index < -0.39 is 11.9 Å². The molecule has 4 rings (SSSR count). The maximum Gasteiger partial charge on any atom is 0.343 e. The van der Waals surface area contributed by atoms with Crippen molar-refractivity contribution < 1.29 is 28.5 Å². The summed E-state index contributed by atoms with van der Waals surface area (Å²) in [7, 11) is 1.47. The fraction of sp³-hybridized carbons (Fsp3) is 0.156. The molecule has 0 aliphatic carbocycles. The van der Waals surface area contributed by atoms with Crippen molar-refractivity contribution in [1.29, 1.82) is 0 Å². The molecule has 0 unspecified atom stereocenters. The van der Waals surface area contributed by atoms with Crippen LogP contribution in [0.25, 0.3) is 0 Å². The number of nitrogens with zero attached hydrogens (tertiary/aromatic N) is 1. The Bertz CT molecular complexity index is 1450. The van der Waals surface area contributed by atoms with Gasteiger partial charge in [0.25, 0.3) is 5.91 Å². The van der Waals surface area contributed by atoms with Crippen LogP contribution in [0.5, 0.6) is 23.0 Å². The minimum absolute atomic E-state index is 0.254. The number of benzene rings is 4. The number of ether oxygens (including phenoxy) is 4. The molecule has 0 saturated carbocycles. The predicted molar refractivity (Wildman–Crippen MR) is 152 cm³/mol. The van der Waals surface area contributed by atoms with Gasteiger partial charge in [0.1, 0.15) is 18.1 Å². The molecule has 40 heavy (non-hydrogen) atoms. The second-order valence-corrected chi connectivity index (χ2v) is 8.64. The first kappa shape index (κ1) is 27.9. The van der Waals surface area contributed by atoms with Crippen LogP contribution in [-0.4, -0.2) is 31.8 Å². The molecular formula is C32H30N2O6. The number of carbonyl (C=O) groups excluding carboxylic acids is 2. The molecule has 0 aliphatic rings. The van der Waals surface area contributed by atoms with E-state index in [-0.39, 0.29) is 5.75 Å². The zero-order chi connectivity index (χ0) is 28.2. The van der Waals surface area contributed by atoms with Gasteiger partial charge in [-0.1, -0.05) is 49.4 Å². The van der Waals surface area contributed by atoms with Crippen molar-refractivity contribution in [1.82, 2.24) is 5.43 Å². The number of methoxy groups -OCH3 is 1. The molecule has 0 spiro atoms. The Morgan fingerprint density at radius 3 is 2.33 bits per heavy atom. The quantitative estimate of drug-likeness (QED) is 0.102. The van der Waals surface area contributed by atoms with Gasteiger partial charge in [0.2, 0.25) is 0 Å². The molecular weight excluding hydrogens is 508 g/mol. The number of nitrogens with one attached hydrogen (secondary N) is 1. The lowest BCUT2D eigenvalue weighted by Gasteiger charge is -2.11. The van der Waals surface area contributed by atoms with Crippen LogP contribution in [0.1, 0.15) is 45.2 Å². The van der Waals surface area contributed by atoms with Gasteiger partial charge in [-0.15, -0.1) is 0 Å². The van der Waals surface area contributed by atoms with Gasteiger partial charge in [-0.05, 0) is 72.1 Å². The second-order valence-electron chi connectivity index (χ2n) is 8.64. The van der Waals surface area contributed by atoms with Gasteiger partial charge in [-0.25, -0.2) is 10.2 Å². The Balaban J connectivity index is 1.36. The highest BCUT2D eigenvalue weighted by atomic mass is 16.6.